The first kappa shape index (κ1) is 9.42. The van der Waals surface area contributed by atoms with Crippen LogP contribution in [0.15, 0.2) is 6.20 Å². The van der Waals surface area contributed by atoms with E-state index in [4.69, 9.17) is 5.11 Å². The molecule has 2 N–H and O–H groups in total. The molecule has 2 heterocycles. The first-order valence-corrected chi connectivity index (χ1v) is 5.10. The van der Waals surface area contributed by atoms with Gasteiger partial charge in [0.2, 0.25) is 0 Å². The van der Waals surface area contributed by atoms with Crippen LogP contribution in [0, 0.1) is 0 Å². The van der Waals surface area contributed by atoms with Gasteiger partial charge in [0.25, 0.3) is 0 Å². The minimum atomic E-state index is -0.950. The molecule has 0 amide bonds. The summed E-state index contributed by atoms with van der Waals surface area (Å²) in [6, 6.07) is 0. The maximum absolute atomic E-state index is 10.6. The first-order valence-electron chi connectivity index (χ1n) is 4.29. The van der Waals surface area contributed by atoms with Gasteiger partial charge in [-0.1, -0.05) is 11.3 Å². The van der Waals surface area contributed by atoms with Gasteiger partial charge in [-0.2, -0.15) is 0 Å². The van der Waals surface area contributed by atoms with Crippen LogP contribution in [0.5, 0.6) is 0 Å². The Morgan fingerprint density at radius 1 is 1.71 bits per heavy atom. The number of aliphatic hydroxyl groups is 1. The SMILES string of the molecule is O=C(O)c1cnc(N2CC[C@H](O)C2)s1. The number of aromatic nitrogens is 1. The van der Waals surface area contributed by atoms with Crippen molar-refractivity contribution in [2.24, 2.45) is 0 Å². The highest BCUT2D eigenvalue weighted by Crippen LogP contribution is 2.25. The number of thiazole rings is 1. The summed E-state index contributed by atoms with van der Waals surface area (Å²) < 4.78 is 0. The van der Waals surface area contributed by atoms with Crippen molar-refractivity contribution in [1.82, 2.24) is 4.98 Å². The minimum Gasteiger partial charge on any atom is -0.477 e. The van der Waals surface area contributed by atoms with Crippen molar-refractivity contribution < 1.29 is 15.0 Å². The van der Waals surface area contributed by atoms with Gasteiger partial charge >= 0.3 is 5.97 Å². The van der Waals surface area contributed by atoms with Crippen LogP contribution in [0.1, 0.15) is 16.1 Å². The average Bonchev–Trinajstić information content (AvgIpc) is 2.70. The number of anilines is 1. The van der Waals surface area contributed by atoms with Gasteiger partial charge in [0, 0.05) is 13.1 Å². The van der Waals surface area contributed by atoms with E-state index in [1.54, 1.807) is 0 Å². The Hall–Kier alpha value is -1.14. The molecule has 1 aliphatic rings. The van der Waals surface area contributed by atoms with Gasteiger partial charge in [-0.25, -0.2) is 9.78 Å². The van der Waals surface area contributed by atoms with Crippen molar-refractivity contribution in [3.05, 3.63) is 11.1 Å². The predicted octanol–water partition coefficient (Wildman–Crippen LogP) is 0.412. The smallest absolute Gasteiger partial charge is 0.347 e. The summed E-state index contributed by atoms with van der Waals surface area (Å²) in [4.78, 5) is 16.7. The third-order valence-electron chi connectivity index (χ3n) is 2.14. The Kier molecular flexibility index (Phi) is 2.39. The number of aliphatic hydroxyl groups excluding tert-OH is 1. The van der Waals surface area contributed by atoms with E-state index < -0.39 is 5.97 Å². The second-order valence-corrected chi connectivity index (χ2v) is 4.21. The molecule has 1 saturated heterocycles. The van der Waals surface area contributed by atoms with Gasteiger partial charge in [0.1, 0.15) is 4.88 Å². The topological polar surface area (TPSA) is 73.7 Å². The van der Waals surface area contributed by atoms with Crippen molar-refractivity contribution in [2.75, 3.05) is 18.0 Å². The standard InChI is InChI=1S/C8H10N2O3S/c11-5-1-2-10(4-5)8-9-3-6(14-8)7(12)13/h3,5,11H,1-2,4H2,(H,12,13)/t5-/m0/s1. The highest BCUT2D eigenvalue weighted by Gasteiger charge is 2.23. The van der Waals surface area contributed by atoms with E-state index in [0.29, 0.717) is 11.7 Å². The van der Waals surface area contributed by atoms with Gasteiger partial charge in [0.15, 0.2) is 5.13 Å². The molecule has 1 aromatic heterocycles. The molecule has 0 bridgehead atoms. The molecule has 1 aliphatic heterocycles. The van der Waals surface area contributed by atoms with Gasteiger partial charge < -0.3 is 15.1 Å². The van der Waals surface area contributed by atoms with Crippen LogP contribution in [0.25, 0.3) is 0 Å². The number of hydrogen-bond acceptors (Lipinski definition) is 5. The zero-order valence-electron chi connectivity index (χ0n) is 7.38. The summed E-state index contributed by atoms with van der Waals surface area (Å²) in [5.41, 5.74) is 0. The van der Waals surface area contributed by atoms with E-state index in [0.717, 1.165) is 24.3 Å². The molecule has 1 fully saturated rings. The molecule has 0 aromatic carbocycles. The molecule has 0 radical (unpaired) electrons. The zero-order chi connectivity index (χ0) is 10.1. The lowest BCUT2D eigenvalue weighted by molar-refractivity contribution is 0.0702. The minimum absolute atomic E-state index is 0.237. The fourth-order valence-electron chi connectivity index (χ4n) is 1.43. The number of aromatic carboxylic acids is 1. The molecule has 6 heteroatoms. The summed E-state index contributed by atoms with van der Waals surface area (Å²) in [5, 5.41) is 18.7. The Labute approximate surface area is 84.6 Å². The van der Waals surface area contributed by atoms with Crippen LogP contribution < -0.4 is 4.90 Å². The number of carboxylic acid groups (broad SMARTS) is 1. The number of carboxylic acids is 1. The average molecular weight is 214 g/mol. The molecular weight excluding hydrogens is 204 g/mol. The van der Waals surface area contributed by atoms with Crippen LogP contribution in [-0.4, -0.2) is 40.4 Å². The molecule has 1 aromatic rings. The fourth-order valence-corrected chi connectivity index (χ4v) is 2.22. The molecule has 14 heavy (non-hydrogen) atoms. The lowest BCUT2D eigenvalue weighted by atomic mass is 10.3. The van der Waals surface area contributed by atoms with E-state index in [1.807, 2.05) is 4.90 Å². The van der Waals surface area contributed by atoms with Crippen molar-refractivity contribution in [1.29, 1.82) is 0 Å². The summed E-state index contributed by atoms with van der Waals surface area (Å²) in [7, 11) is 0. The maximum atomic E-state index is 10.6. The molecule has 76 valence electrons. The van der Waals surface area contributed by atoms with Crippen LogP contribution in [-0.2, 0) is 0 Å². The highest BCUT2D eigenvalue weighted by molar-refractivity contribution is 7.17. The van der Waals surface area contributed by atoms with Crippen molar-refractivity contribution in [2.45, 2.75) is 12.5 Å². The van der Waals surface area contributed by atoms with E-state index in [2.05, 4.69) is 4.98 Å². The quantitative estimate of drug-likeness (QED) is 0.746. The van der Waals surface area contributed by atoms with Gasteiger partial charge in [0.05, 0.1) is 12.3 Å². The lowest BCUT2D eigenvalue weighted by Gasteiger charge is -2.12. The molecule has 0 saturated carbocycles. The highest BCUT2D eigenvalue weighted by atomic mass is 32.1. The summed E-state index contributed by atoms with van der Waals surface area (Å²) >= 11 is 1.14. The fraction of sp³-hybridized carbons (Fsp3) is 0.500. The number of β-amino-alcohol motifs (C(OH)–C–C–N with tert-alkyl or cyclic N) is 1. The number of hydrogen-bond donors (Lipinski definition) is 2. The van der Waals surface area contributed by atoms with Gasteiger partial charge in [-0.05, 0) is 6.42 Å². The Morgan fingerprint density at radius 3 is 3.00 bits per heavy atom. The first-order chi connectivity index (χ1) is 6.66. The Balaban J connectivity index is 2.13. The summed E-state index contributed by atoms with van der Waals surface area (Å²) in [6.07, 6.45) is 1.77. The van der Waals surface area contributed by atoms with Crippen molar-refractivity contribution in [3.8, 4) is 0 Å². The number of rotatable bonds is 2. The maximum Gasteiger partial charge on any atom is 0.347 e. The van der Waals surface area contributed by atoms with Crippen molar-refractivity contribution >= 4 is 22.4 Å². The largest absolute Gasteiger partial charge is 0.477 e. The Morgan fingerprint density at radius 2 is 2.50 bits per heavy atom. The molecular formula is C8H10N2O3S. The third kappa shape index (κ3) is 1.71. The molecule has 0 unspecified atom stereocenters. The third-order valence-corrected chi connectivity index (χ3v) is 3.18. The second kappa shape index (κ2) is 3.55. The van der Waals surface area contributed by atoms with Crippen LogP contribution in [0.4, 0.5) is 5.13 Å². The summed E-state index contributed by atoms with van der Waals surface area (Å²) in [5.74, 6) is -0.950. The number of carbonyl (C=O) groups is 1. The second-order valence-electron chi connectivity index (χ2n) is 3.20. The van der Waals surface area contributed by atoms with E-state index >= 15 is 0 Å². The van der Waals surface area contributed by atoms with Crippen molar-refractivity contribution in [3.63, 3.8) is 0 Å². The molecule has 0 aliphatic carbocycles. The summed E-state index contributed by atoms with van der Waals surface area (Å²) in [6.45, 7) is 1.29. The van der Waals surface area contributed by atoms with Gasteiger partial charge in [-0.15, -0.1) is 0 Å². The lowest BCUT2D eigenvalue weighted by Crippen LogP contribution is -2.20. The van der Waals surface area contributed by atoms with Gasteiger partial charge in [-0.3, -0.25) is 0 Å². The molecule has 2 rings (SSSR count). The Bertz CT molecular complexity index is 352. The number of nitrogens with zero attached hydrogens (tertiary/aromatic N) is 2. The van der Waals surface area contributed by atoms with Crippen LogP contribution in [0.3, 0.4) is 0 Å². The van der Waals surface area contributed by atoms with E-state index in [1.165, 1.54) is 6.20 Å². The molecule has 5 nitrogen and oxygen atoms in total. The van der Waals surface area contributed by atoms with E-state index in [-0.39, 0.29) is 11.0 Å². The zero-order valence-corrected chi connectivity index (χ0v) is 8.20. The normalized spacial score (nSPS) is 21.5. The monoisotopic (exact) mass is 214 g/mol. The molecule has 0 spiro atoms. The molecule has 1 atom stereocenters. The van der Waals surface area contributed by atoms with Crippen LogP contribution >= 0.6 is 11.3 Å². The van der Waals surface area contributed by atoms with Crippen LogP contribution in [0.2, 0.25) is 0 Å². The predicted molar refractivity (Wildman–Crippen MR) is 51.9 cm³/mol. The van der Waals surface area contributed by atoms with E-state index in [9.17, 15) is 9.90 Å².